The van der Waals surface area contributed by atoms with E-state index in [0.717, 1.165) is 28.1 Å². The molecule has 3 unspecified atom stereocenters. The van der Waals surface area contributed by atoms with E-state index in [-0.39, 0.29) is 31.1 Å². The Hall–Kier alpha value is -3.75. The van der Waals surface area contributed by atoms with E-state index < -0.39 is 18.5 Å². The van der Waals surface area contributed by atoms with Crippen molar-refractivity contribution in [1.82, 2.24) is 4.57 Å². The molecule has 3 rings (SSSR count). The second kappa shape index (κ2) is 15.3. The van der Waals surface area contributed by atoms with E-state index >= 15 is 0 Å². The highest BCUT2D eigenvalue weighted by molar-refractivity contribution is 6.11. The molecule has 0 spiro atoms. The number of hydrogen-bond donors (Lipinski definition) is 4. The van der Waals surface area contributed by atoms with Crippen molar-refractivity contribution in [3.05, 3.63) is 108 Å². The van der Waals surface area contributed by atoms with Crippen molar-refractivity contribution in [2.75, 3.05) is 5.32 Å². The Morgan fingerprint density at radius 1 is 1.00 bits per heavy atom. The van der Waals surface area contributed by atoms with Gasteiger partial charge in [-0.25, -0.2) is 0 Å². The molecule has 1 amide bonds. The Morgan fingerprint density at radius 3 is 2.22 bits per heavy atom. The molecule has 0 aliphatic rings. The second-order valence-electron chi connectivity index (χ2n) is 10.5. The number of benzene rings is 2. The normalized spacial score (nSPS) is 14.3. The second-order valence-corrected chi connectivity index (χ2v) is 10.5. The summed E-state index contributed by atoms with van der Waals surface area (Å²) >= 11 is 0. The van der Waals surface area contributed by atoms with Crippen LogP contribution in [0.3, 0.4) is 0 Å². The van der Waals surface area contributed by atoms with Crippen molar-refractivity contribution in [3.63, 3.8) is 0 Å². The molecule has 41 heavy (non-hydrogen) atoms. The quantitative estimate of drug-likeness (QED) is 0.160. The van der Waals surface area contributed by atoms with E-state index in [1.54, 1.807) is 6.08 Å². The molecule has 0 saturated carbocycles. The number of amides is 1. The van der Waals surface area contributed by atoms with Crippen LogP contribution in [0.1, 0.15) is 67.7 Å². The maximum absolute atomic E-state index is 14.0. The van der Waals surface area contributed by atoms with Crippen molar-refractivity contribution >= 4 is 17.7 Å². The number of nitrogens with one attached hydrogen (secondary N) is 1. The molecule has 7 nitrogen and oxygen atoms in total. The van der Waals surface area contributed by atoms with Gasteiger partial charge in [-0.3, -0.25) is 4.79 Å². The van der Waals surface area contributed by atoms with Gasteiger partial charge in [0.15, 0.2) is 0 Å². The molecule has 4 N–H and O–H groups in total. The van der Waals surface area contributed by atoms with E-state index in [1.165, 1.54) is 0 Å². The number of aromatic nitrogens is 1. The predicted molar refractivity (Wildman–Crippen MR) is 163 cm³/mol. The molecule has 0 bridgehead atoms. The number of aliphatic hydroxyl groups is 3. The number of rotatable bonds is 14. The summed E-state index contributed by atoms with van der Waals surface area (Å²) in [5.41, 5.74) is 5.53. The van der Waals surface area contributed by atoms with Gasteiger partial charge < -0.3 is 30.3 Å². The molecule has 2 aromatic carbocycles. The summed E-state index contributed by atoms with van der Waals surface area (Å²) in [5.74, 6) is -0.273. The van der Waals surface area contributed by atoms with E-state index in [2.05, 4.69) is 16.5 Å². The van der Waals surface area contributed by atoms with Gasteiger partial charge in [-0.15, -0.1) is 0 Å². The van der Waals surface area contributed by atoms with Gasteiger partial charge in [0.2, 0.25) is 0 Å². The van der Waals surface area contributed by atoms with Crippen LogP contribution >= 0.6 is 0 Å². The number of aliphatic hydroxyl groups excluding tert-OH is 3. The topological polar surface area (TPSA) is 118 Å². The Labute approximate surface area is 242 Å². The molecule has 0 aliphatic heterocycles. The number of anilines is 1. The van der Waals surface area contributed by atoms with Crippen molar-refractivity contribution in [2.24, 2.45) is 0 Å². The number of carbonyl (C=O) groups excluding carboxylic acids is 1. The number of hydrogen-bond acceptors (Lipinski definition) is 5. The minimum atomic E-state index is -1.89. The molecule has 1 aromatic heterocycles. The predicted octanol–water partition coefficient (Wildman–Crippen LogP) is 5.25. The highest BCUT2D eigenvalue weighted by atomic mass is 16.5. The first-order valence-corrected chi connectivity index (χ1v) is 14.0. The third-order valence-corrected chi connectivity index (χ3v) is 6.85. The molecule has 0 fully saturated rings. The Kier molecular flexibility index (Phi) is 11.9. The summed E-state index contributed by atoms with van der Waals surface area (Å²) in [4.78, 5) is 14.0. The molecule has 0 radical (unpaired) electrons. The Bertz CT molecular complexity index is 1340. The van der Waals surface area contributed by atoms with Crippen LogP contribution in [0.25, 0.3) is 17.2 Å². The van der Waals surface area contributed by atoms with E-state index in [1.807, 2.05) is 99.7 Å². The van der Waals surface area contributed by atoms with Gasteiger partial charge in [0.05, 0.1) is 17.8 Å². The van der Waals surface area contributed by atoms with Crippen molar-refractivity contribution < 1.29 is 25.2 Å². The Morgan fingerprint density at radius 2 is 1.63 bits per heavy atom. The van der Waals surface area contributed by atoms with Crippen LogP contribution in [0, 0.1) is 0 Å². The van der Waals surface area contributed by atoms with Crippen molar-refractivity contribution in [2.45, 2.75) is 71.0 Å². The first-order chi connectivity index (χ1) is 19.6. The van der Waals surface area contributed by atoms with E-state index in [0.29, 0.717) is 17.8 Å². The van der Waals surface area contributed by atoms with E-state index in [4.69, 9.17) is 5.11 Å². The van der Waals surface area contributed by atoms with Gasteiger partial charge in [0.25, 0.3) is 5.91 Å². The average molecular weight is 558 g/mol. The van der Waals surface area contributed by atoms with Crippen LogP contribution in [-0.4, -0.2) is 44.3 Å². The third-order valence-electron chi connectivity index (χ3n) is 6.85. The van der Waals surface area contributed by atoms with E-state index in [9.17, 15) is 20.1 Å². The molecule has 218 valence electrons. The number of para-hydroxylation sites is 1. The SMILES string of the molecule is C=C/C(C)=C\C=C\c1c(-c2ccccc2)c(C(=O)Nc2ccccc2)c(C(C)C)n1CCC(O)CC(O)CC([O-])O. The smallest absolute Gasteiger partial charge is 0.258 e. The minimum absolute atomic E-state index is 0.0308. The summed E-state index contributed by atoms with van der Waals surface area (Å²) in [7, 11) is 0. The maximum atomic E-state index is 14.0. The van der Waals surface area contributed by atoms with Gasteiger partial charge in [0.1, 0.15) is 0 Å². The average Bonchev–Trinajstić information content (AvgIpc) is 3.26. The summed E-state index contributed by atoms with van der Waals surface area (Å²) in [6.07, 6.45) is 3.59. The van der Waals surface area contributed by atoms with Crippen LogP contribution in [0.2, 0.25) is 0 Å². The van der Waals surface area contributed by atoms with Gasteiger partial charge >= 0.3 is 0 Å². The number of carbonyl (C=O) groups is 1. The van der Waals surface area contributed by atoms with Gasteiger partial charge in [-0.1, -0.05) is 92.8 Å². The molecule has 0 saturated heterocycles. The highest BCUT2D eigenvalue weighted by Gasteiger charge is 2.29. The van der Waals surface area contributed by atoms with Crippen molar-refractivity contribution in [3.8, 4) is 11.1 Å². The first-order valence-electron chi connectivity index (χ1n) is 14.0. The lowest BCUT2D eigenvalue weighted by atomic mass is 9.96. The molecule has 0 aliphatic carbocycles. The largest absolute Gasteiger partial charge is 0.831 e. The Balaban J connectivity index is 2.18. The van der Waals surface area contributed by atoms with Crippen LogP contribution in [0.15, 0.2) is 91.0 Å². The zero-order chi connectivity index (χ0) is 29.9. The van der Waals surface area contributed by atoms with Gasteiger partial charge in [-0.2, -0.15) is 0 Å². The molecule has 1 heterocycles. The number of nitrogens with zero attached hydrogens (tertiary/aromatic N) is 1. The van der Waals surface area contributed by atoms with Crippen LogP contribution in [-0.2, 0) is 6.54 Å². The fraction of sp³-hybridized carbons (Fsp3) is 0.324. The summed E-state index contributed by atoms with van der Waals surface area (Å²) in [6.45, 7) is 10.2. The lowest BCUT2D eigenvalue weighted by molar-refractivity contribution is -0.486. The lowest BCUT2D eigenvalue weighted by Gasteiger charge is -2.22. The fourth-order valence-corrected chi connectivity index (χ4v) is 4.91. The monoisotopic (exact) mass is 557 g/mol. The maximum Gasteiger partial charge on any atom is 0.258 e. The zero-order valence-electron chi connectivity index (χ0n) is 24.0. The molecular formula is C34H41N2O5-. The highest BCUT2D eigenvalue weighted by Crippen LogP contribution is 2.38. The summed E-state index contributed by atoms with van der Waals surface area (Å²) in [6, 6.07) is 19.1. The third kappa shape index (κ3) is 8.87. The summed E-state index contributed by atoms with van der Waals surface area (Å²) in [5, 5.41) is 44.0. The van der Waals surface area contributed by atoms with Crippen LogP contribution in [0.5, 0.6) is 0 Å². The number of allylic oxidation sites excluding steroid dienone is 4. The minimum Gasteiger partial charge on any atom is -0.831 e. The first kappa shape index (κ1) is 31.8. The van der Waals surface area contributed by atoms with Gasteiger partial charge in [0, 0.05) is 29.2 Å². The molecule has 3 atom stereocenters. The van der Waals surface area contributed by atoms with Crippen LogP contribution in [0.4, 0.5) is 5.69 Å². The molecule has 7 heteroatoms. The zero-order valence-corrected chi connectivity index (χ0v) is 24.0. The molecular weight excluding hydrogens is 516 g/mol. The fourth-order valence-electron chi connectivity index (χ4n) is 4.91. The molecule has 3 aromatic rings. The standard InChI is InChI=1S/C34H41N2O5/c1-5-24(4)13-12-18-29-31(25-14-8-6-9-15-25)32(34(41)35-26-16-10-7-11-17-26)33(23(2)3)36(29)20-19-27(37)21-28(38)22-30(39)40/h5-18,23,27-28,30,37-39H,1,19-22H2,2-4H3,(H,35,41)/q-1/b18-12+,24-13-. The van der Waals surface area contributed by atoms with Crippen LogP contribution < -0.4 is 10.4 Å². The lowest BCUT2D eigenvalue weighted by Crippen LogP contribution is -2.31. The van der Waals surface area contributed by atoms with Gasteiger partial charge in [-0.05, 0) is 62.2 Å². The summed E-state index contributed by atoms with van der Waals surface area (Å²) < 4.78 is 2.07. The van der Waals surface area contributed by atoms with Crippen molar-refractivity contribution in [1.29, 1.82) is 0 Å².